The fraction of sp³-hybridized carbons (Fsp3) is 0.308. The molecule has 0 saturated heterocycles. The molecule has 0 heterocycles. The van der Waals surface area contributed by atoms with Crippen molar-refractivity contribution in [2.24, 2.45) is 0 Å². The maximum atomic E-state index is 11.3. The van der Waals surface area contributed by atoms with Crippen molar-refractivity contribution in [2.75, 3.05) is 14.2 Å². The Balaban J connectivity index is 2.69. The van der Waals surface area contributed by atoms with Gasteiger partial charge in [0.05, 0.1) is 19.8 Å². The average Bonchev–Trinajstić information content (AvgIpc) is 2.39. The maximum Gasteiger partial charge on any atom is 0.336 e. The van der Waals surface area contributed by atoms with E-state index >= 15 is 0 Å². The summed E-state index contributed by atoms with van der Waals surface area (Å²) in [4.78, 5) is 11.3. The quantitative estimate of drug-likeness (QED) is 0.447. The largest absolute Gasteiger partial charge is 0.497 e. The summed E-state index contributed by atoms with van der Waals surface area (Å²) in [5.74, 6) is 1.02. The molecule has 1 aromatic rings. The van der Waals surface area contributed by atoms with Crippen LogP contribution in [0.3, 0.4) is 0 Å². The van der Waals surface area contributed by atoms with Gasteiger partial charge in [-0.15, -0.1) is 0 Å². The van der Waals surface area contributed by atoms with Gasteiger partial charge in [-0.2, -0.15) is 0 Å². The molecule has 0 saturated carbocycles. The van der Waals surface area contributed by atoms with Crippen molar-refractivity contribution in [1.82, 2.24) is 0 Å². The van der Waals surface area contributed by atoms with Crippen LogP contribution < -0.4 is 9.47 Å². The number of benzene rings is 1. The molecular weight excluding hydrogens is 220 g/mol. The molecule has 4 heteroatoms. The number of carbonyl (C=O) groups excluding carboxylic acids is 1. The summed E-state index contributed by atoms with van der Waals surface area (Å²) in [6, 6.07) is 7.10. The van der Waals surface area contributed by atoms with Crippen molar-refractivity contribution in [3.8, 4) is 11.5 Å². The van der Waals surface area contributed by atoms with Crippen molar-refractivity contribution >= 4 is 5.97 Å². The highest BCUT2D eigenvalue weighted by Gasteiger charge is 2.07. The molecule has 1 aromatic carbocycles. The third kappa shape index (κ3) is 3.83. The molecule has 0 amide bonds. The second-order valence-corrected chi connectivity index (χ2v) is 3.28. The Labute approximate surface area is 101 Å². The highest BCUT2D eigenvalue weighted by atomic mass is 16.5. The minimum Gasteiger partial charge on any atom is -0.497 e. The number of ether oxygens (including phenoxy) is 3. The van der Waals surface area contributed by atoms with Crippen LogP contribution in [0.25, 0.3) is 0 Å². The molecular formula is C13H16O4. The number of esters is 1. The first-order valence-corrected chi connectivity index (χ1v) is 5.29. The zero-order valence-corrected chi connectivity index (χ0v) is 10.2. The second kappa shape index (κ2) is 6.58. The third-order valence-corrected chi connectivity index (χ3v) is 2.23. The van der Waals surface area contributed by atoms with Crippen molar-refractivity contribution in [1.29, 1.82) is 0 Å². The molecule has 0 aliphatic carbocycles. The lowest BCUT2D eigenvalue weighted by molar-refractivity contribution is -0.136. The smallest absolute Gasteiger partial charge is 0.336 e. The number of hydrogen-bond donors (Lipinski definition) is 0. The van der Waals surface area contributed by atoms with Crippen LogP contribution in [-0.2, 0) is 9.53 Å². The van der Waals surface area contributed by atoms with Crippen LogP contribution in [0, 0.1) is 0 Å². The van der Waals surface area contributed by atoms with Crippen LogP contribution in [0.5, 0.6) is 11.5 Å². The molecule has 0 aliphatic heterocycles. The molecule has 0 spiro atoms. The van der Waals surface area contributed by atoms with Gasteiger partial charge in [-0.1, -0.05) is 6.92 Å². The first-order valence-electron chi connectivity index (χ1n) is 5.29. The van der Waals surface area contributed by atoms with Gasteiger partial charge in [0.25, 0.3) is 0 Å². The summed E-state index contributed by atoms with van der Waals surface area (Å²) in [5.41, 5.74) is 0.489. The van der Waals surface area contributed by atoms with Gasteiger partial charge in [-0.3, -0.25) is 0 Å². The lowest BCUT2D eigenvalue weighted by Gasteiger charge is -2.05. The van der Waals surface area contributed by atoms with Crippen LogP contribution in [0.15, 0.2) is 36.1 Å². The van der Waals surface area contributed by atoms with E-state index < -0.39 is 0 Å². The van der Waals surface area contributed by atoms with Crippen molar-refractivity contribution in [3.63, 3.8) is 0 Å². The highest BCUT2D eigenvalue weighted by molar-refractivity contribution is 5.87. The number of methoxy groups -OCH3 is 2. The summed E-state index contributed by atoms with van der Waals surface area (Å²) in [6.45, 7) is 1.86. The van der Waals surface area contributed by atoms with Gasteiger partial charge in [-0.25, -0.2) is 4.79 Å². The van der Waals surface area contributed by atoms with E-state index in [9.17, 15) is 4.79 Å². The van der Waals surface area contributed by atoms with Crippen molar-refractivity contribution in [2.45, 2.75) is 13.3 Å². The Morgan fingerprint density at radius 1 is 1.18 bits per heavy atom. The van der Waals surface area contributed by atoms with E-state index in [1.807, 2.05) is 6.92 Å². The van der Waals surface area contributed by atoms with Gasteiger partial charge in [0, 0.05) is 0 Å². The summed E-state index contributed by atoms with van der Waals surface area (Å²) in [5, 5.41) is 0. The maximum absolute atomic E-state index is 11.3. The Bertz CT molecular complexity index is 392. The molecule has 1 rings (SSSR count). The van der Waals surface area contributed by atoms with E-state index in [0.29, 0.717) is 17.7 Å². The van der Waals surface area contributed by atoms with Gasteiger partial charge in [-0.05, 0) is 30.7 Å². The van der Waals surface area contributed by atoms with E-state index in [1.54, 1.807) is 31.4 Å². The summed E-state index contributed by atoms with van der Waals surface area (Å²) < 4.78 is 15.0. The molecule has 92 valence electrons. The lowest BCUT2D eigenvalue weighted by Crippen LogP contribution is -2.05. The minimum absolute atomic E-state index is 0.374. The fourth-order valence-corrected chi connectivity index (χ4v) is 1.20. The van der Waals surface area contributed by atoms with E-state index in [0.717, 1.165) is 5.75 Å². The molecule has 0 unspecified atom stereocenters. The number of carbonyl (C=O) groups is 1. The summed E-state index contributed by atoms with van der Waals surface area (Å²) >= 11 is 0. The molecule has 0 N–H and O–H groups in total. The summed E-state index contributed by atoms with van der Waals surface area (Å²) in [7, 11) is 2.95. The van der Waals surface area contributed by atoms with Crippen LogP contribution in [-0.4, -0.2) is 20.2 Å². The Kier molecular flexibility index (Phi) is 5.07. The monoisotopic (exact) mass is 236 g/mol. The van der Waals surface area contributed by atoms with E-state index in [1.165, 1.54) is 13.4 Å². The van der Waals surface area contributed by atoms with Gasteiger partial charge in [0.15, 0.2) is 0 Å². The molecule has 17 heavy (non-hydrogen) atoms. The zero-order chi connectivity index (χ0) is 12.7. The van der Waals surface area contributed by atoms with Gasteiger partial charge in [0.2, 0.25) is 0 Å². The average molecular weight is 236 g/mol. The topological polar surface area (TPSA) is 44.8 Å². The molecule has 0 atom stereocenters. The predicted molar refractivity (Wildman–Crippen MR) is 64.0 cm³/mol. The van der Waals surface area contributed by atoms with Gasteiger partial charge < -0.3 is 14.2 Å². The highest BCUT2D eigenvalue weighted by Crippen LogP contribution is 2.18. The van der Waals surface area contributed by atoms with Crippen molar-refractivity contribution < 1.29 is 19.0 Å². The SMILES string of the molecule is CC/C(=C\Oc1ccc(OC)cc1)C(=O)OC. The molecule has 0 radical (unpaired) electrons. The first-order chi connectivity index (χ1) is 8.21. The Morgan fingerprint density at radius 2 is 1.76 bits per heavy atom. The molecule has 0 bridgehead atoms. The predicted octanol–water partition coefficient (Wildman–Crippen LogP) is 2.54. The molecule has 0 fully saturated rings. The third-order valence-electron chi connectivity index (χ3n) is 2.23. The lowest BCUT2D eigenvalue weighted by atomic mass is 10.2. The Hall–Kier alpha value is -1.97. The zero-order valence-electron chi connectivity index (χ0n) is 10.2. The Morgan fingerprint density at radius 3 is 2.24 bits per heavy atom. The summed E-state index contributed by atoms with van der Waals surface area (Å²) in [6.07, 6.45) is 1.97. The standard InChI is InChI=1S/C13H16O4/c1-4-10(13(14)16-3)9-17-12-7-5-11(15-2)6-8-12/h5-9H,4H2,1-3H3/b10-9+. The van der Waals surface area contributed by atoms with E-state index in [-0.39, 0.29) is 5.97 Å². The van der Waals surface area contributed by atoms with Crippen LogP contribution in [0.1, 0.15) is 13.3 Å². The first kappa shape index (κ1) is 13.1. The van der Waals surface area contributed by atoms with Gasteiger partial charge >= 0.3 is 5.97 Å². The van der Waals surface area contributed by atoms with Crippen LogP contribution in [0.2, 0.25) is 0 Å². The molecule has 0 aliphatic rings. The molecule has 0 aromatic heterocycles. The van der Waals surface area contributed by atoms with Crippen LogP contribution in [0.4, 0.5) is 0 Å². The second-order valence-electron chi connectivity index (χ2n) is 3.28. The number of rotatable bonds is 5. The van der Waals surface area contributed by atoms with Crippen LogP contribution >= 0.6 is 0 Å². The minimum atomic E-state index is -0.374. The fourth-order valence-electron chi connectivity index (χ4n) is 1.20. The normalized spacial score (nSPS) is 10.9. The van der Waals surface area contributed by atoms with E-state index in [4.69, 9.17) is 9.47 Å². The van der Waals surface area contributed by atoms with E-state index in [2.05, 4.69) is 4.74 Å². The molecule has 4 nitrogen and oxygen atoms in total. The van der Waals surface area contributed by atoms with Crippen molar-refractivity contribution in [3.05, 3.63) is 36.1 Å². The number of hydrogen-bond acceptors (Lipinski definition) is 4. The van der Waals surface area contributed by atoms with Gasteiger partial charge in [0.1, 0.15) is 17.8 Å².